The summed E-state index contributed by atoms with van der Waals surface area (Å²) in [5.41, 5.74) is 7.18. The Morgan fingerprint density at radius 1 is 1.35 bits per heavy atom. The molecule has 0 saturated carbocycles. The van der Waals surface area contributed by atoms with Gasteiger partial charge in [0, 0.05) is 12.1 Å². The molecule has 0 radical (unpaired) electrons. The van der Waals surface area contributed by atoms with Crippen molar-refractivity contribution in [2.24, 2.45) is 5.73 Å². The van der Waals surface area contributed by atoms with Gasteiger partial charge in [0.05, 0.1) is 10.6 Å². The van der Waals surface area contributed by atoms with Crippen molar-refractivity contribution in [3.05, 3.63) is 34.9 Å². The molecule has 20 heavy (non-hydrogen) atoms. The molecule has 110 valence electrons. The molecule has 0 unspecified atom stereocenters. The smallest absolute Gasteiger partial charge is 0.258 e. The van der Waals surface area contributed by atoms with Crippen LogP contribution in [0.15, 0.2) is 28.8 Å². The standard InChI is InChI=1S/C14H17ClN2O2.ClH/c1-9(2)12-13(10-5-3-4-6-11(10)15)19-17-14(12)18-8-7-16;/h3-6,9H,7-8,16H2,1-2H3;1H. The molecule has 1 aromatic heterocycles. The van der Waals surface area contributed by atoms with E-state index in [0.717, 1.165) is 11.1 Å². The van der Waals surface area contributed by atoms with Crippen LogP contribution in [0.4, 0.5) is 0 Å². The maximum Gasteiger partial charge on any atom is 0.258 e. The van der Waals surface area contributed by atoms with E-state index < -0.39 is 0 Å². The molecule has 6 heteroatoms. The van der Waals surface area contributed by atoms with Gasteiger partial charge in [0.2, 0.25) is 0 Å². The molecule has 0 spiro atoms. The monoisotopic (exact) mass is 316 g/mol. The largest absolute Gasteiger partial charge is 0.474 e. The number of rotatable bonds is 5. The molecular formula is C14H18Cl2N2O2. The van der Waals surface area contributed by atoms with Gasteiger partial charge >= 0.3 is 0 Å². The van der Waals surface area contributed by atoms with Crippen molar-refractivity contribution < 1.29 is 9.26 Å². The summed E-state index contributed by atoms with van der Waals surface area (Å²) >= 11 is 6.20. The van der Waals surface area contributed by atoms with Gasteiger partial charge in [-0.15, -0.1) is 12.4 Å². The van der Waals surface area contributed by atoms with Crippen molar-refractivity contribution in [2.45, 2.75) is 19.8 Å². The highest BCUT2D eigenvalue weighted by atomic mass is 35.5. The Labute approximate surface area is 129 Å². The van der Waals surface area contributed by atoms with Crippen LogP contribution in [-0.4, -0.2) is 18.3 Å². The number of halogens is 2. The number of hydrogen-bond acceptors (Lipinski definition) is 4. The number of ether oxygens (including phenoxy) is 1. The summed E-state index contributed by atoms with van der Waals surface area (Å²) in [7, 11) is 0. The lowest BCUT2D eigenvalue weighted by atomic mass is 10.00. The van der Waals surface area contributed by atoms with Crippen LogP contribution in [0.2, 0.25) is 5.02 Å². The molecule has 1 heterocycles. The lowest BCUT2D eigenvalue weighted by Gasteiger charge is -2.08. The van der Waals surface area contributed by atoms with E-state index in [1.165, 1.54) is 0 Å². The minimum atomic E-state index is 0. The number of aromatic nitrogens is 1. The van der Waals surface area contributed by atoms with Gasteiger partial charge in [-0.2, -0.15) is 0 Å². The zero-order valence-corrected chi connectivity index (χ0v) is 13.0. The number of nitrogens with zero attached hydrogens (tertiary/aromatic N) is 1. The first-order valence-corrected chi connectivity index (χ1v) is 6.60. The summed E-state index contributed by atoms with van der Waals surface area (Å²) in [5, 5.41) is 4.61. The minimum Gasteiger partial charge on any atom is -0.474 e. The second kappa shape index (κ2) is 7.53. The third kappa shape index (κ3) is 3.45. The van der Waals surface area contributed by atoms with Crippen LogP contribution in [-0.2, 0) is 0 Å². The van der Waals surface area contributed by atoms with Gasteiger partial charge in [0.25, 0.3) is 5.88 Å². The Kier molecular flexibility index (Phi) is 6.33. The molecule has 4 nitrogen and oxygen atoms in total. The van der Waals surface area contributed by atoms with Gasteiger partial charge in [-0.3, -0.25) is 0 Å². The van der Waals surface area contributed by atoms with E-state index >= 15 is 0 Å². The summed E-state index contributed by atoms with van der Waals surface area (Å²) in [6.07, 6.45) is 0. The SMILES string of the molecule is CC(C)c1c(OCCN)noc1-c1ccccc1Cl.Cl. The third-order valence-electron chi connectivity index (χ3n) is 2.75. The summed E-state index contributed by atoms with van der Waals surface area (Å²) in [4.78, 5) is 0. The molecule has 2 N–H and O–H groups in total. The van der Waals surface area contributed by atoms with Gasteiger partial charge in [-0.1, -0.05) is 37.6 Å². The zero-order chi connectivity index (χ0) is 13.8. The van der Waals surface area contributed by atoms with E-state index in [9.17, 15) is 0 Å². The van der Waals surface area contributed by atoms with Gasteiger partial charge < -0.3 is 15.0 Å². The summed E-state index contributed by atoms with van der Waals surface area (Å²) in [6.45, 7) is 4.96. The fourth-order valence-corrected chi connectivity index (χ4v) is 2.11. The zero-order valence-electron chi connectivity index (χ0n) is 11.4. The first-order chi connectivity index (χ1) is 9.15. The Morgan fingerprint density at radius 3 is 2.65 bits per heavy atom. The Balaban J connectivity index is 0.00000200. The van der Waals surface area contributed by atoms with E-state index in [1.54, 1.807) is 0 Å². The van der Waals surface area contributed by atoms with Crippen molar-refractivity contribution in [1.29, 1.82) is 0 Å². The normalized spacial score (nSPS) is 10.4. The average molecular weight is 317 g/mol. The van der Waals surface area contributed by atoms with E-state index in [2.05, 4.69) is 19.0 Å². The minimum absolute atomic E-state index is 0. The van der Waals surface area contributed by atoms with Crippen LogP contribution in [0, 0.1) is 0 Å². The number of hydrogen-bond donors (Lipinski definition) is 1. The second-order valence-corrected chi connectivity index (χ2v) is 4.91. The molecule has 0 amide bonds. The fourth-order valence-electron chi connectivity index (χ4n) is 1.89. The third-order valence-corrected chi connectivity index (χ3v) is 3.08. The Bertz CT molecular complexity index is 556. The lowest BCUT2D eigenvalue weighted by Crippen LogP contribution is -2.11. The summed E-state index contributed by atoms with van der Waals surface area (Å²) in [6, 6.07) is 7.52. The molecule has 0 saturated heterocycles. The molecule has 0 aliphatic rings. The van der Waals surface area contributed by atoms with E-state index in [1.807, 2.05) is 24.3 Å². The van der Waals surface area contributed by atoms with Crippen molar-refractivity contribution in [1.82, 2.24) is 5.16 Å². The van der Waals surface area contributed by atoms with E-state index in [0.29, 0.717) is 29.8 Å². The quantitative estimate of drug-likeness (QED) is 0.909. The van der Waals surface area contributed by atoms with Crippen LogP contribution in [0.5, 0.6) is 5.88 Å². The molecule has 0 fully saturated rings. The fraction of sp³-hybridized carbons (Fsp3) is 0.357. The van der Waals surface area contributed by atoms with Crippen molar-refractivity contribution >= 4 is 24.0 Å². The highest BCUT2D eigenvalue weighted by Crippen LogP contribution is 2.38. The highest BCUT2D eigenvalue weighted by Gasteiger charge is 2.22. The summed E-state index contributed by atoms with van der Waals surface area (Å²) < 4.78 is 10.9. The van der Waals surface area contributed by atoms with Gasteiger partial charge in [-0.25, -0.2) is 0 Å². The molecular weight excluding hydrogens is 299 g/mol. The Morgan fingerprint density at radius 2 is 2.05 bits per heavy atom. The first-order valence-electron chi connectivity index (χ1n) is 6.22. The van der Waals surface area contributed by atoms with E-state index in [-0.39, 0.29) is 18.3 Å². The highest BCUT2D eigenvalue weighted by molar-refractivity contribution is 6.33. The number of benzene rings is 1. The second-order valence-electron chi connectivity index (χ2n) is 4.50. The van der Waals surface area contributed by atoms with Crippen LogP contribution in [0.25, 0.3) is 11.3 Å². The topological polar surface area (TPSA) is 61.3 Å². The average Bonchev–Trinajstić information content (AvgIpc) is 2.80. The molecule has 2 rings (SSSR count). The van der Waals surface area contributed by atoms with Gasteiger partial charge in [-0.05, 0) is 23.2 Å². The molecule has 0 aliphatic carbocycles. The maximum absolute atomic E-state index is 6.20. The summed E-state index contributed by atoms with van der Waals surface area (Å²) in [5.74, 6) is 1.37. The molecule has 2 aromatic rings. The van der Waals surface area contributed by atoms with Crippen molar-refractivity contribution in [2.75, 3.05) is 13.2 Å². The maximum atomic E-state index is 6.20. The predicted octanol–water partition coefficient (Wildman–Crippen LogP) is 3.88. The van der Waals surface area contributed by atoms with E-state index in [4.69, 9.17) is 26.6 Å². The predicted molar refractivity (Wildman–Crippen MR) is 82.8 cm³/mol. The number of nitrogens with two attached hydrogens (primary N) is 1. The molecule has 0 bridgehead atoms. The van der Waals surface area contributed by atoms with Crippen LogP contribution >= 0.6 is 24.0 Å². The van der Waals surface area contributed by atoms with Gasteiger partial charge in [0.1, 0.15) is 6.61 Å². The lowest BCUT2D eigenvalue weighted by molar-refractivity contribution is 0.286. The first kappa shape index (κ1) is 16.8. The van der Waals surface area contributed by atoms with Gasteiger partial charge in [0.15, 0.2) is 5.76 Å². The van der Waals surface area contributed by atoms with Crippen LogP contribution in [0.3, 0.4) is 0 Å². The molecule has 0 atom stereocenters. The molecule has 0 aliphatic heterocycles. The molecule has 1 aromatic carbocycles. The Hall–Kier alpha value is -1.23. The van der Waals surface area contributed by atoms with Crippen LogP contribution in [0.1, 0.15) is 25.3 Å². The van der Waals surface area contributed by atoms with Crippen LogP contribution < -0.4 is 10.5 Å². The van der Waals surface area contributed by atoms with Crippen molar-refractivity contribution in [3.8, 4) is 17.2 Å². The van der Waals surface area contributed by atoms with Crippen molar-refractivity contribution in [3.63, 3.8) is 0 Å².